The van der Waals surface area contributed by atoms with Crippen molar-refractivity contribution in [2.45, 2.75) is 36.8 Å². The van der Waals surface area contributed by atoms with Crippen molar-refractivity contribution in [2.75, 3.05) is 5.32 Å². The molecule has 0 radical (unpaired) electrons. The first-order valence-corrected chi connectivity index (χ1v) is 8.19. The molecular formula is C18H19NOS. The Hall–Kier alpha value is -1.74. The van der Waals surface area contributed by atoms with E-state index in [1.165, 1.54) is 21.6 Å². The third-order valence-electron chi connectivity index (χ3n) is 3.56. The predicted molar refractivity (Wildman–Crippen MR) is 89.8 cm³/mol. The number of thioether (sulfide) groups is 1. The summed E-state index contributed by atoms with van der Waals surface area (Å²) in [5.74, 6) is 0.116. The van der Waals surface area contributed by atoms with Crippen LogP contribution >= 0.6 is 11.8 Å². The third-order valence-corrected chi connectivity index (χ3v) is 4.58. The molecule has 1 aliphatic rings. The second kappa shape index (κ2) is 5.94. The van der Waals surface area contributed by atoms with Crippen molar-refractivity contribution >= 4 is 23.4 Å². The summed E-state index contributed by atoms with van der Waals surface area (Å²) in [6.07, 6.45) is 1.41. The molecule has 108 valence electrons. The minimum atomic E-state index is 0.116. The Morgan fingerprint density at radius 1 is 1.00 bits per heavy atom. The maximum Gasteiger partial charge on any atom is 0.224 e. The lowest BCUT2D eigenvalue weighted by atomic mass is 9.97. The van der Waals surface area contributed by atoms with E-state index in [4.69, 9.17) is 0 Å². The summed E-state index contributed by atoms with van der Waals surface area (Å²) >= 11 is 1.88. The van der Waals surface area contributed by atoms with Crippen LogP contribution in [0.25, 0.3) is 11.1 Å². The Labute approximate surface area is 130 Å². The van der Waals surface area contributed by atoms with Gasteiger partial charge in [-0.1, -0.05) is 32.0 Å². The fraction of sp³-hybridized carbons (Fsp3) is 0.278. The number of carbonyl (C=O) groups is 1. The number of amides is 1. The number of hydrogen-bond donors (Lipinski definition) is 1. The monoisotopic (exact) mass is 297 g/mol. The summed E-state index contributed by atoms with van der Waals surface area (Å²) in [6.45, 7) is 4.41. The van der Waals surface area contributed by atoms with Crippen molar-refractivity contribution in [2.24, 2.45) is 0 Å². The summed E-state index contributed by atoms with van der Waals surface area (Å²) in [6, 6.07) is 15.0. The van der Waals surface area contributed by atoms with Gasteiger partial charge in [-0.2, -0.15) is 0 Å². The molecular weight excluding hydrogens is 278 g/mol. The maximum absolute atomic E-state index is 11.4. The van der Waals surface area contributed by atoms with Crippen molar-refractivity contribution < 1.29 is 4.79 Å². The van der Waals surface area contributed by atoms with Gasteiger partial charge in [0.1, 0.15) is 0 Å². The predicted octanol–water partition coefficient (Wildman–Crippen LogP) is 4.74. The van der Waals surface area contributed by atoms with Crippen LogP contribution in [-0.4, -0.2) is 11.2 Å². The second-order valence-corrected chi connectivity index (χ2v) is 7.26. The van der Waals surface area contributed by atoms with Crippen LogP contribution in [0.4, 0.5) is 5.69 Å². The number of rotatable bonds is 3. The normalized spacial score (nSPS) is 14.0. The standard InChI is InChI=1S/C18H19NOS/c1-12(2)21-16-7-3-13(4-8-16)14-5-9-17-15(11-14)6-10-18(20)19-17/h3-5,7-9,11-12H,6,10H2,1-2H3,(H,19,20). The van der Waals surface area contributed by atoms with Gasteiger partial charge >= 0.3 is 0 Å². The zero-order valence-corrected chi connectivity index (χ0v) is 13.2. The van der Waals surface area contributed by atoms with Gasteiger partial charge in [0, 0.05) is 22.3 Å². The molecule has 0 saturated carbocycles. The van der Waals surface area contributed by atoms with Crippen LogP contribution in [0.15, 0.2) is 47.4 Å². The molecule has 0 atom stereocenters. The van der Waals surface area contributed by atoms with Crippen LogP contribution in [0.1, 0.15) is 25.8 Å². The number of nitrogens with one attached hydrogen (secondary N) is 1. The van der Waals surface area contributed by atoms with Gasteiger partial charge in [-0.3, -0.25) is 4.79 Å². The molecule has 2 nitrogen and oxygen atoms in total. The molecule has 3 rings (SSSR count). The highest BCUT2D eigenvalue weighted by molar-refractivity contribution is 7.99. The SMILES string of the molecule is CC(C)Sc1ccc(-c2ccc3c(c2)CCC(=O)N3)cc1. The van der Waals surface area contributed by atoms with Crippen LogP contribution in [0.3, 0.4) is 0 Å². The number of benzene rings is 2. The van der Waals surface area contributed by atoms with Gasteiger partial charge in [-0.25, -0.2) is 0 Å². The van der Waals surface area contributed by atoms with Crippen LogP contribution in [0.5, 0.6) is 0 Å². The summed E-state index contributed by atoms with van der Waals surface area (Å²) < 4.78 is 0. The van der Waals surface area contributed by atoms with E-state index in [0.29, 0.717) is 11.7 Å². The summed E-state index contributed by atoms with van der Waals surface area (Å²) in [7, 11) is 0. The molecule has 0 bridgehead atoms. The largest absolute Gasteiger partial charge is 0.326 e. The van der Waals surface area contributed by atoms with E-state index in [1.54, 1.807) is 0 Å². The molecule has 1 N–H and O–H groups in total. The van der Waals surface area contributed by atoms with E-state index in [-0.39, 0.29) is 5.91 Å². The van der Waals surface area contributed by atoms with Gasteiger partial charge in [0.2, 0.25) is 5.91 Å². The molecule has 0 unspecified atom stereocenters. The van der Waals surface area contributed by atoms with Gasteiger partial charge in [0.15, 0.2) is 0 Å². The highest BCUT2D eigenvalue weighted by Crippen LogP contribution is 2.30. The minimum Gasteiger partial charge on any atom is -0.326 e. The first kappa shape index (κ1) is 14.2. The van der Waals surface area contributed by atoms with Gasteiger partial charge in [-0.15, -0.1) is 11.8 Å². The molecule has 0 aromatic heterocycles. The Morgan fingerprint density at radius 2 is 1.71 bits per heavy atom. The molecule has 0 saturated heterocycles. The van der Waals surface area contributed by atoms with Crippen LogP contribution in [-0.2, 0) is 11.2 Å². The lowest BCUT2D eigenvalue weighted by molar-refractivity contribution is -0.116. The lowest BCUT2D eigenvalue weighted by Gasteiger charge is -2.17. The number of aryl methyl sites for hydroxylation is 1. The summed E-state index contributed by atoms with van der Waals surface area (Å²) in [5, 5.41) is 3.53. The van der Waals surface area contributed by atoms with E-state index >= 15 is 0 Å². The molecule has 1 amide bonds. The van der Waals surface area contributed by atoms with E-state index in [0.717, 1.165) is 12.1 Å². The lowest BCUT2D eigenvalue weighted by Crippen LogP contribution is -2.18. The minimum absolute atomic E-state index is 0.116. The molecule has 3 heteroatoms. The van der Waals surface area contributed by atoms with E-state index < -0.39 is 0 Å². The summed E-state index contributed by atoms with van der Waals surface area (Å²) in [4.78, 5) is 12.7. The molecule has 2 aromatic rings. The van der Waals surface area contributed by atoms with Gasteiger partial charge in [0.05, 0.1) is 0 Å². The topological polar surface area (TPSA) is 29.1 Å². The van der Waals surface area contributed by atoms with Crippen LogP contribution in [0.2, 0.25) is 0 Å². The first-order valence-electron chi connectivity index (χ1n) is 7.32. The first-order chi connectivity index (χ1) is 10.1. The van der Waals surface area contributed by atoms with Gasteiger partial charge < -0.3 is 5.32 Å². The molecule has 0 spiro atoms. The smallest absolute Gasteiger partial charge is 0.224 e. The molecule has 0 fully saturated rings. The molecule has 1 aliphatic heterocycles. The van der Waals surface area contributed by atoms with E-state index in [2.05, 4.69) is 55.6 Å². The maximum atomic E-state index is 11.4. The third kappa shape index (κ3) is 3.30. The van der Waals surface area contributed by atoms with Crippen molar-refractivity contribution in [3.05, 3.63) is 48.0 Å². The number of fused-ring (bicyclic) bond motifs is 1. The Morgan fingerprint density at radius 3 is 2.43 bits per heavy atom. The van der Waals surface area contributed by atoms with Crippen molar-refractivity contribution in [1.29, 1.82) is 0 Å². The fourth-order valence-corrected chi connectivity index (χ4v) is 3.40. The Bertz CT molecular complexity index is 661. The van der Waals surface area contributed by atoms with Crippen molar-refractivity contribution in [3.8, 4) is 11.1 Å². The van der Waals surface area contributed by atoms with E-state index in [1.807, 2.05) is 17.8 Å². The van der Waals surface area contributed by atoms with Crippen molar-refractivity contribution in [1.82, 2.24) is 0 Å². The quantitative estimate of drug-likeness (QED) is 0.829. The number of anilines is 1. The zero-order valence-electron chi connectivity index (χ0n) is 12.3. The Kier molecular flexibility index (Phi) is 4.02. The highest BCUT2D eigenvalue weighted by atomic mass is 32.2. The number of carbonyl (C=O) groups excluding carboxylic acids is 1. The van der Waals surface area contributed by atoms with E-state index in [9.17, 15) is 4.79 Å². The molecule has 0 aliphatic carbocycles. The number of hydrogen-bond acceptors (Lipinski definition) is 2. The summed E-state index contributed by atoms with van der Waals surface area (Å²) in [5.41, 5.74) is 4.63. The van der Waals surface area contributed by atoms with Crippen LogP contribution < -0.4 is 5.32 Å². The average molecular weight is 297 g/mol. The average Bonchev–Trinajstić information content (AvgIpc) is 2.47. The molecule has 2 aromatic carbocycles. The Balaban J connectivity index is 1.85. The van der Waals surface area contributed by atoms with Gasteiger partial charge in [0.25, 0.3) is 0 Å². The fourth-order valence-electron chi connectivity index (χ4n) is 2.56. The van der Waals surface area contributed by atoms with Gasteiger partial charge in [-0.05, 0) is 47.4 Å². The van der Waals surface area contributed by atoms with Crippen LogP contribution in [0, 0.1) is 0 Å². The molecule has 21 heavy (non-hydrogen) atoms. The highest BCUT2D eigenvalue weighted by Gasteiger charge is 2.15. The zero-order chi connectivity index (χ0) is 14.8. The molecule has 1 heterocycles. The van der Waals surface area contributed by atoms with Crippen molar-refractivity contribution in [3.63, 3.8) is 0 Å². The second-order valence-electron chi connectivity index (χ2n) is 5.61.